The van der Waals surface area contributed by atoms with Crippen LogP contribution in [0, 0.1) is 0 Å². The fraction of sp³-hybridized carbons (Fsp3) is 0.455. The standard InChI is InChI=1S/C44H55NO17S2.2Na/c1-3-5-7-8-9-20-27-35(58-41(47)31-21-14-10-15-22-31)34(45-37(46)28-13-6-4-2)29-56-44-40(61-43(49)33-25-18-12-19-26-33)39(60-42(48)32-23-16-11-17-24-32)38(62-64(53,54)55)36(59-44)30-57-63(50,51)52;;/h10-12,14-27,34-36,38-40,44H,3-9,13,28-30H2,1-2H3,(H,45,46)(H,50,51,52)(H,53,54,55);;/q;2*+1/p-2/b27-20+;;/t34-,35+,36+,38-,39-,40+,44-;;/m0../s1. The van der Waals surface area contributed by atoms with Crippen LogP contribution in [0.5, 0.6) is 0 Å². The third kappa shape index (κ3) is 21.1. The monoisotopic (exact) mass is 977 g/mol. The molecule has 22 heteroatoms. The van der Waals surface area contributed by atoms with Crippen LogP contribution in [0.25, 0.3) is 0 Å². The number of nitrogens with one attached hydrogen (secondary N) is 1. The smallest absolute Gasteiger partial charge is 0.726 e. The predicted molar refractivity (Wildman–Crippen MR) is 226 cm³/mol. The Kier molecular flexibility index (Phi) is 27.2. The van der Waals surface area contributed by atoms with Gasteiger partial charge in [0.2, 0.25) is 26.7 Å². The molecule has 350 valence electrons. The van der Waals surface area contributed by atoms with E-state index < -0.39 is 101 Å². The molecule has 1 heterocycles. The van der Waals surface area contributed by atoms with E-state index in [0.717, 1.165) is 38.5 Å². The Balaban J connectivity index is 0.00000748. The van der Waals surface area contributed by atoms with E-state index in [0.29, 0.717) is 12.8 Å². The van der Waals surface area contributed by atoms with Crippen LogP contribution in [0.4, 0.5) is 0 Å². The van der Waals surface area contributed by atoms with Gasteiger partial charge in [-0.15, -0.1) is 0 Å². The summed E-state index contributed by atoms with van der Waals surface area (Å²) in [5.41, 5.74) is 0.0361. The molecule has 1 aliphatic heterocycles. The largest absolute Gasteiger partial charge is 1.00 e. The molecule has 1 saturated heterocycles. The molecule has 1 fully saturated rings. The van der Waals surface area contributed by atoms with E-state index in [-0.39, 0.29) is 82.2 Å². The zero-order valence-corrected chi connectivity index (χ0v) is 43.0. The van der Waals surface area contributed by atoms with Crippen molar-refractivity contribution in [3.8, 4) is 0 Å². The van der Waals surface area contributed by atoms with Gasteiger partial charge in [-0.1, -0.05) is 107 Å². The normalized spacial score (nSPS) is 19.3. The minimum absolute atomic E-state index is 0. The van der Waals surface area contributed by atoms with Crippen molar-refractivity contribution in [1.29, 1.82) is 0 Å². The molecule has 0 spiro atoms. The summed E-state index contributed by atoms with van der Waals surface area (Å²) in [4.78, 5) is 54.4. The van der Waals surface area contributed by atoms with Crippen molar-refractivity contribution in [2.75, 3.05) is 13.2 Å². The third-order valence-corrected chi connectivity index (χ3v) is 10.6. The maximum Gasteiger partial charge on any atom is 1.00 e. The zero-order valence-electron chi connectivity index (χ0n) is 37.4. The minimum Gasteiger partial charge on any atom is -0.726 e. The van der Waals surface area contributed by atoms with Gasteiger partial charge < -0.3 is 38.1 Å². The van der Waals surface area contributed by atoms with Crippen molar-refractivity contribution in [2.45, 2.75) is 114 Å². The first-order valence-corrected chi connectivity index (χ1v) is 23.5. The molecule has 1 amide bonds. The first kappa shape index (κ1) is 59.1. The van der Waals surface area contributed by atoms with E-state index in [1.165, 1.54) is 60.7 Å². The van der Waals surface area contributed by atoms with E-state index in [2.05, 4.69) is 16.4 Å². The van der Waals surface area contributed by atoms with Crippen LogP contribution in [-0.4, -0.2) is 106 Å². The molecule has 3 aromatic rings. The fourth-order valence-electron chi connectivity index (χ4n) is 6.51. The van der Waals surface area contributed by atoms with Gasteiger partial charge in [0.15, 0.2) is 18.5 Å². The zero-order chi connectivity index (χ0) is 46.5. The Hall–Kier alpha value is -3.06. The van der Waals surface area contributed by atoms with Crippen molar-refractivity contribution in [3.05, 3.63) is 120 Å². The number of amides is 1. The summed E-state index contributed by atoms with van der Waals surface area (Å²) in [7, 11) is -11.3. The van der Waals surface area contributed by atoms with Gasteiger partial charge in [0.05, 0.1) is 35.9 Å². The van der Waals surface area contributed by atoms with E-state index in [9.17, 15) is 45.1 Å². The number of ether oxygens (including phenoxy) is 5. The summed E-state index contributed by atoms with van der Waals surface area (Å²) >= 11 is 0. The fourth-order valence-corrected chi connectivity index (χ4v) is 7.32. The molecule has 0 radical (unpaired) electrons. The Bertz CT molecular complexity index is 2190. The number of hydrogen-bond acceptors (Lipinski definition) is 17. The molecule has 1 aliphatic rings. The Morgan fingerprint density at radius 3 is 1.71 bits per heavy atom. The Morgan fingerprint density at radius 2 is 1.20 bits per heavy atom. The number of carbonyl (C=O) groups is 4. The van der Waals surface area contributed by atoms with Gasteiger partial charge in [-0.2, -0.15) is 0 Å². The molecular weight excluding hydrogens is 925 g/mol. The molecule has 0 aromatic heterocycles. The molecule has 1 N–H and O–H groups in total. The summed E-state index contributed by atoms with van der Waals surface area (Å²) in [6.07, 6.45) is -1.96. The molecular formula is C44H53NNa2O17S2. The maximum atomic E-state index is 13.7. The first-order valence-electron chi connectivity index (χ1n) is 20.8. The van der Waals surface area contributed by atoms with Gasteiger partial charge in [-0.3, -0.25) is 13.2 Å². The van der Waals surface area contributed by atoms with Crippen molar-refractivity contribution >= 4 is 44.6 Å². The van der Waals surface area contributed by atoms with E-state index in [1.54, 1.807) is 42.5 Å². The quantitative estimate of drug-likeness (QED) is 0.0199. The molecule has 0 saturated carbocycles. The second-order valence-corrected chi connectivity index (χ2v) is 16.7. The van der Waals surface area contributed by atoms with Gasteiger partial charge in [-0.25, -0.2) is 31.2 Å². The second kappa shape index (κ2) is 30.4. The number of allylic oxidation sites excluding steroid dienone is 1. The number of carbonyl (C=O) groups excluding carboxylic acids is 4. The van der Waals surface area contributed by atoms with Crippen LogP contribution in [0.3, 0.4) is 0 Å². The van der Waals surface area contributed by atoms with Crippen molar-refractivity contribution in [2.24, 2.45) is 0 Å². The summed E-state index contributed by atoms with van der Waals surface area (Å²) < 4.78 is 110. The summed E-state index contributed by atoms with van der Waals surface area (Å²) in [6, 6.07) is 21.3. The van der Waals surface area contributed by atoms with Gasteiger partial charge in [0, 0.05) is 6.42 Å². The van der Waals surface area contributed by atoms with Gasteiger partial charge >= 0.3 is 77.0 Å². The maximum absolute atomic E-state index is 13.7. The van der Waals surface area contributed by atoms with Gasteiger partial charge in [0.1, 0.15) is 18.3 Å². The van der Waals surface area contributed by atoms with Crippen LogP contribution >= 0.6 is 0 Å². The Labute approximate surface area is 430 Å². The van der Waals surface area contributed by atoms with Crippen LogP contribution in [0.2, 0.25) is 0 Å². The number of esters is 3. The Morgan fingerprint density at radius 1 is 0.682 bits per heavy atom. The molecule has 3 aromatic carbocycles. The average molecular weight is 978 g/mol. The first-order chi connectivity index (χ1) is 30.6. The van der Waals surface area contributed by atoms with E-state index >= 15 is 0 Å². The van der Waals surface area contributed by atoms with E-state index in [1.807, 2.05) is 6.92 Å². The average Bonchev–Trinajstić information content (AvgIpc) is 3.27. The molecule has 66 heavy (non-hydrogen) atoms. The van der Waals surface area contributed by atoms with Crippen molar-refractivity contribution in [3.63, 3.8) is 0 Å². The molecule has 7 atom stereocenters. The number of hydrogen-bond donors (Lipinski definition) is 1. The summed E-state index contributed by atoms with van der Waals surface area (Å²) in [6.45, 7) is 2.08. The van der Waals surface area contributed by atoms with E-state index in [4.69, 9.17) is 27.9 Å². The van der Waals surface area contributed by atoms with Crippen LogP contribution in [0.15, 0.2) is 103 Å². The molecule has 4 rings (SSSR count). The third-order valence-electron chi connectivity index (χ3n) is 9.70. The van der Waals surface area contributed by atoms with Crippen LogP contribution < -0.4 is 64.4 Å². The van der Waals surface area contributed by atoms with Crippen LogP contribution in [0.1, 0.15) is 103 Å². The van der Waals surface area contributed by atoms with Gasteiger partial charge in [-0.05, 0) is 61.7 Å². The minimum atomic E-state index is -5.77. The molecule has 0 aliphatic carbocycles. The number of benzene rings is 3. The SMILES string of the molecule is CCCCCC/C=C/[C@@H](OC(=O)c1ccccc1)[C@H](CO[C@H]1O[C@H](COS(=O)(=O)[O-])[C@H](OS(=O)(=O)[O-])[C@H](OC(=O)c2ccccc2)[C@H]1OC(=O)c1ccccc1)NC(=O)CCCCC.[Na+].[Na+]. The number of rotatable bonds is 26. The van der Waals surface area contributed by atoms with Crippen LogP contribution in [-0.2, 0) is 57.6 Å². The molecule has 18 nitrogen and oxygen atoms in total. The number of unbranched alkanes of at least 4 members (excludes halogenated alkanes) is 6. The predicted octanol–water partition coefficient (Wildman–Crippen LogP) is -0.673. The molecule has 0 bridgehead atoms. The summed E-state index contributed by atoms with van der Waals surface area (Å²) in [5.74, 6) is -3.45. The molecule has 0 unspecified atom stereocenters. The van der Waals surface area contributed by atoms with Crippen molar-refractivity contribution < 1.29 is 136 Å². The second-order valence-electron chi connectivity index (χ2n) is 14.7. The summed E-state index contributed by atoms with van der Waals surface area (Å²) in [5, 5.41) is 2.84. The van der Waals surface area contributed by atoms with Gasteiger partial charge in [0.25, 0.3) is 0 Å². The topological polar surface area (TPSA) is 259 Å². The van der Waals surface area contributed by atoms with Crippen molar-refractivity contribution in [1.82, 2.24) is 5.32 Å².